The smallest absolute Gasteiger partial charge is 0.129 e. The summed E-state index contributed by atoms with van der Waals surface area (Å²) in [6.45, 7) is 3.61. The van der Waals surface area contributed by atoms with E-state index in [1.54, 1.807) is 6.20 Å². The Morgan fingerprint density at radius 3 is 3.00 bits per heavy atom. The highest BCUT2D eigenvalue weighted by Crippen LogP contribution is 2.24. The molecule has 2 heterocycles. The van der Waals surface area contributed by atoms with Gasteiger partial charge in [-0.25, -0.2) is 4.98 Å². The Morgan fingerprint density at radius 2 is 2.28 bits per heavy atom. The van der Waals surface area contributed by atoms with Gasteiger partial charge in [0.15, 0.2) is 0 Å². The molecule has 1 aliphatic rings. The first kappa shape index (κ1) is 13.2. The molecule has 0 spiro atoms. The van der Waals surface area contributed by atoms with E-state index < -0.39 is 5.60 Å². The van der Waals surface area contributed by atoms with E-state index in [9.17, 15) is 5.11 Å². The fraction of sp³-hybridized carbons (Fsp3) is 0.538. The van der Waals surface area contributed by atoms with Crippen LogP contribution in [0.3, 0.4) is 0 Å². The van der Waals surface area contributed by atoms with Crippen molar-refractivity contribution in [1.29, 1.82) is 0 Å². The van der Waals surface area contributed by atoms with Gasteiger partial charge in [0.05, 0.1) is 5.60 Å². The molecule has 3 N–H and O–H groups in total. The van der Waals surface area contributed by atoms with Crippen LogP contribution in [-0.2, 0) is 0 Å². The molecule has 0 aromatic carbocycles. The maximum Gasteiger partial charge on any atom is 0.129 e. The largest absolute Gasteiger partial charge is 0.390 e. The Morgan fingerprint density at radius 1 is 1.50 bits per heavy atom. The average molecular weight is 265 g/mol. The number of aliphatic hydroxyl groups is 1. The Bertz CT molecular complexity index is 448. The molecule has 1 atom stereocenters. The fourth-order valence-corrected chi connectivity index (χ4v) is 2.36. The third-order valence-corrected chi connectivity index (χ3v) is 3.65. The van der Waals surface area contributed by atoms with Crippen LogP contribution in [0.4, 0.5) is 5.82 Å². The Balaban J connectivity index is 2.16. The predicted octanol–water partition coefficient (Wildman–Crippen LogP) is 1.46. The molecule has 5 heteroatoms. The van der Waals surface area contributed by atoms with Crippen molar-refractivity contribution in [3.05, 3.63) is 23.9 Å². The highest BCUT2D eigenvalue weighted by molar-refractivity contribution is 7.80. The number of thiocarbonyl (C=S) groups is 1. The van der Waals surface area contributed by atoms with Gasteiger partial charge in [-0.2, -0.15) is 0 Å². The molecule has 1 aliphatic heterocycles. The third-order valence-electron chi connectivity index (χ3n) is 3.42. The van der Waals surface area contributed by atoms with Crippen molar-refractivity contribution in [2.24, 2.45) is 5.73 Å². The molecule has 18 heavy (non-hydrogen) atoms. The number of nitrogens with two attached hydrogens (primary N) is 1. The topological polar surface area (TPSA) is 62.4 Å². The second-order valence-corrected chi connectivity index (χ2v) is 5.54. The van der Waals surface area contributed by atoms with Gasteiger partial charge < -0.3 is 15.7 Å². The fourth-order valence-electron chi connectivity index (χ4n) is 2.24. The van der Waals surface area contributed by atoms with Crippen molar-refractivity contribution in [2.75, 3.05) is 18.0 Å². The van der Waals surface area contributed by atoms with Gasteiger partial charge in [-0.3, -0.25) is 0 Å². The quantitative estimate of drug-likeness (QED) is 0.793. The summed E-state index contributed by atoms with van der Waals surface area (Å²) >= 11 is 4.98. The summed E-state index contributed by atoms with van der Waals surface area (Å²) in [6.07, 6.45) is 4.28. The van der Waals surface area contributed by atoms with Crippen molar-refractivity contribution in [3.63, 3.8) is 0 Å². The number of anilines is 1. The van der Waals surface area contributed by atoms with Crippen LogP contribution in [0.25, 0.3) is 0 Å². The van der Waals surface area contributed by atoms with Gasteiger partial charge in [0.25, 0.3) is 0 Å². The molecule has 98 valence electrons. The van der Waals surface area contributed by atoms with Crippen LogP contribution >= 0.6 is 12.2 Å². The zero-order valence-corrected chi connectivity index (χ0v) is 11.4. The van der Waals surface area contributed by atoms with Crippen LogP contribution < -0.4 is 10.6 Å². The molecule has 4 nitrogen and oxygen atoms in total. The minimum Gasteiger partial charge on any atom is -0.390 e. The third kappa shape index (κ3) is 3.17. The molecule has 0 amide bonds. The minimum atomic E-state index is -0.560. The van der Waals surface area contributed by atoms with E-state index in [2.05, 4.69) is 9.88 Å². The van der Waals surface area contributed by atoms with Gasteiger partial charge in [0, 0.05) is 24.8 Å². The molecular formula is C13H19N3OS. The molecule has 0 aliphatic carbocycles. The molecule has 1 fully saturated rings. The summed E-state index contributed by atoms with van der Waals surface area (Å²) in [4.78, 5) is 6.94. The Hall–Kier alpha value is -1.20. The monoisotopic (exact) mass is 265 g/mol. The van der Waals surface area contributed by atoms with Gasteiger partial charge in [0.2, 0.25) is 0 Å². The highest BCUT2D eigenvalue weighted by Gasteiger charge is 2.25. The highest BCUT2D eigenvalue weighted by atomic mass is 32.1. The summed E-state index contributed by atoms with van der Waals surface area (Å²) in [5, 5.41) is 10.1. The summed E-state index contributed by atoms with van der Waals surface area (Å²) in [6, 6.07) is 3.74. The zero-order chi connectivity index (χ0) is 13.2. The Labute approximate surface area is 113 Å². The van der Waals surface area contributed by atoms with Crippen molar-refractivity contribution in [2.45, 2.75) is 31.8 Å². The first-order chi connectivity index (χ1) is 8.48. The molecule has 1 unspecified atom stereocenters. The first-order valence-electron chi connectivity index (χ1n) is 6.21. The molecule has 2 rings (SSSR count). The standard InChI is InChI=1S/C13H19N3OS/c1-13(17)4-2-7-16(8-5-13)11-9-10(12(14)18)3-6-15-11/h3,6,9,17H,2,4-5,7-8H2,1H3,(H2,14,18). The van der Waals surface area contributed by atoms with E-state index >= 15 is 0 Å². The van der Waals surface area contributed by atoms with E-state index in [-0.39, 0.29) is 0 Å². The summed E-state index contributed by atoms with van der Waals surface area (Å²) < 4.78 is 0. The summed E-state index contributed by atoms with van der Waals surface area (Å²) in [5.41, 5.74) is 5.91. The van der Waals surface area contributed by atoms with Crippen LogP contribution in [0.1, 0.15) is 31.7 Å². The number of aromatic nitrogens is 1. The second-order valence-electron chi connectivity index (χ2n) is 5.10. The zero-order valence-electron chi connectivity index (χ0n) is 10.6. The molecule has 1 aromatic rings. The predicted molar refractivity (Wildman–Crippen MR) is 76.8 cm³/mol. The maximum atomic E-state index is 10.1. The van der Waals surface area contributed by atoms with Gasteiger partial charge in [-0.1, -0.05) is 12.2 Å². The van der Waals surface area contributed by atoms with Crippen LogP contribution in [0.2, 0.25) is 0 Å². The van der Waals surface area contributed by atoms with Crippen LogP contribution in [0, 0.1) is 0 Å². The summed E-state index contributed by atoms with van der Waals surface area (Å²) in [7, 11) is 0. The van der Waals surface area contributed by atoms with Gasteiger partial charge in [-0.15, -0.1) is 0 Å². The van der Waals surface area contributed by atoms with E-state index in [1.807, 2.05) is 19.1 Å². The SMILES string of the molecule is CC1(O)CCCN(c2cc(C(N)=S)ccn2)CC1. The number of nitrogens with zero attached hydrogens (tertiary/aromatic N) is 2. The molecule has 0 radical (unpaired) electrons. The lowest BCUT2D eigenvalue weighted by Crippen LogP contribution is -2.29. The Kier molecular flexibility index (Phi) is 3.82. The van der Waals surface area contributed by atoms with Gasteiger partial charge in [0.1, 0.15) is 10.8 Å². The number of pyridine rings is 1. The molecular weight excluding hydrogens is 246 g/mol. The van der Waals surface area contributed by atoms with Crippen LogP contribution in [0.5, 0.6) is 0 Å². The lowest BCUT2D eigenvalue weighted by molar-refractivity contribution is 0.0481. The van der Waals surface area contributed by atoms with E-state index in [0.717, 1.165) is 43.7 Å². The second kappa shape index (κ2) is 5.20. The van der Waals surface area contributed by atoms with E-state index in [0.29, 0.717) is 4.99 Å². The van der Waals surface area contributed by atoms with Crippen molar-refractivity contribution < 1.29 is 5.11 Å². The summed E-state index contributed by atoms with van der Waals surface area (Å²) in [5.74, 6) is 0.887. The maximum absolute atomic E-state index is 10.1. The molecule has 1 saturated heterocycles. The lowest BCUT2D eigenvalue weighted by Gasteiger charge is -2.23. The number of hydrogen-bond acceptors (Lipinski definition) is 4. The van der Waals surface area contributed by atoms with Gasteiger partial charge >= 0.3 is 0 Å². The molecule has 0 saturated carbocycles. The van der Waals surface area contributed by atoms with E-state index in [1.165, 1.54) is 0 Å². The molecule has 1 aromatic heterocycles. The average Bonchev–Trinajstić information content (AvgIpc) is 2.50. The van der Waals surface area contributed by atoms with Crippen molar-refractivity contribution in [1.82, 2.24) is 4.98 Å². The van der Waals surface area contributed by atoms with Gasteiger partial charge in [-0.05, 0) is 38.3 Å². The van der Waals surface area contributed by atoms with Crippen LogP contribution in [0.15, 0.2) is 18.3 Å². The lowest BCUT2D eigenvalue weighted by atomic mass is 9.98. The van der Waals surface area contributed by atoms with Crippen LogP contribution in [-0.4, -0.2) is 33.8 Å². The minimum absolute atomic E-state index is 0.389. The van der Waals surface area contributed by atoms with E-state index in [4.69, 9.17) is 18.0 Å². The molecule has 0 bridgehead atoms. The van der Waals surface area contributed by atoms with Crippen molar-refractivity contribution >= 4 is 23.0 Å². The normalized spacial score (nSPS) is 24.7. The number of rotatable bonds is 2. The number of hydrogen-bond donors (Lipinski definition) is 2. The first-order valence-corrected chi connectivity index (χ1v) is 6.62. The van der Waals surface area contributed by atoms with Crippen molar-refractivity contribution in [3.8, 4) is 0 Å².